The topological polar surface area (TPSA) is 472 Å². The summed E-state index contributed by atoms with van der Waals surface area (Å²) in [6.07, 6.45) is 0.453. The summed E-state index contributed by atoms with van der Waals surface area (Å²) in [7, 11) is 0. The van der Waals surface area contributed by atoms with E-state index in [1.807, 2.05) is 0 Å². The van der Waals surface area contributed by atoms with E-state index in [-0.39, 0.29) is 150 Å². The number of aliphatic hydroxyl groups is 2. The first kappa shape index (κ1) is 63.5. The van der Waals surface area contributed by atoms with Crippen molar-refractivity contribution >= 4 is 83.4 Å². The Labute approximate surface area is 462 Å². The Morgan fingerprint density at radius 1 is 0.728 bits per heavy atom. The van der Waals surface area contributed by atoms with Crippen LogP contribution in [-0.4, -0.2) is 201 Å². The molecular formula is C49H70N14O18. The SMILES string of the molecule is NCCCCC(NC(=O)C(CO)NC(=O)C1CCNc2c(N3C(=O)CCC3=O)cc3cc(O)c(=O)cc-3n21)C(=O)NCC(=O)NC(CCCN(O)C=O)C(=O)NC1CCCCNC(=O)C(CO)NC(=O)C(CCCN(O)C=O)NC1=O. The van der Waals surface area contributed by atoms with Crippen LogP contribution < -0.4 is 63.9 Å². The van der Waals surface area contributed by atoms with E-state index in [0.717, 1.165) is 17.0 Å². The summed E-state index contributed by atoms with van der Waals surface area (Å²) in [6.45, 7) is -2.83. The monoisotopic (exact) mass is 1140 g/mol. The van der Waals surface area contributed by atoms with Gasteiger partial charge in [-0.05, 0) is 89.3 Å². The number of hydroxylamine groups is 4. The number of pyridine rings is 1. The van der Waals surface area contributed by atoms with Gasteiger partial charge in [-0.2, -0.15) is 0 Å². The second-order valence-electron chi connectivity index (χ2n) is 19.4. The molecule has 1 aliphatic carbocycles. The molecule has 0 aromatic rings. The Morgan fingerprint density at radius 3 is 2.06 bits per heavy atom. The number of phenols is 1. The zero-order chi connectivity index (χ0) is 59.3. The van der Waals surface area contributed by atoms with Crippen molar-refractivity contribution in [1.82, 2.24) is 57.2 Å². The highest BCUT2D eigenvalue weighted by molar-refractivity contribution is 6.21. The molecule has 0 spiro atoms. The summed E-state index contributed by atoms with van der Waals surface area (Å²) < 4.78 is 1.35. The van der Waals surface area contributed by atoms with E-state index >= 15 is 0 Å². The molecule has 0 bridgehead atoms. The summed E-state index contributed by atoms with van der Waals surface area (Å²) in [5, 5.41) is 73.3. The molecule has 5 rings (SSSR count). The van der Waals surface area contributed by atoms with E-state index in [1.54, 1.807) is 0 Å². The predicted molar refractivity (Wildman–Crippen MR) is 279 cm³/mol. The van der Waals surface area contributed by atoms with Gasteiger partial charge in [-0.3, -0.25) is 72.7 Å². The van der Waals surface area contributed by atoms with Crippen molar-refractivity contribution in [3.05, 3.63) is 28.4 Å². The van der Waals surface area contributed by atoms with Crippen molar-refractivity contribution < 1.29 is 83.3 Å². The van der Waals surface area contributed by atoms with E-state index in [1.165, 1.54) is 10.6 Å². The molecule has 0 aromatic carbocycles. The third-order valence-electron chi connectivity index (χ3n) is 13.5. The first-order valence-corrected chi connectivity index (χ1v) is 26.4. The minimum absolute atomic E-state index is 0.0222. The molecule has 32 heteroatoms. The summed E-state index contributed by atoms with van der Waals surface area (Å²) in [5.41, 5.74) is 5.23. The van der Waals surface area contributed by atoms with Gasteiger partial charge in [0.25, 0.3) is 0 Å². The van der Waals surface area contributed by atoms with Gasteiger partial charge < -0.3 is 73.5 Å². The molecule has 0 radical (unpaired) electrons. The Kier molecular flexibility index (Phi) is 24.2. The fraction of sp³-hybridized carbons (Fsp3) is 0.571. The van der Waals surface area contributed by atoms with E-state index in [0.29, 0.717) is 11.5 Å². The maximum Gasteiger partial charge on any atom is 0.245 e. The summed E-state index contributed by atoms with van der Waals surface area (Å²) in [5.74, 6) is -8.88. The van der Waals surface area contributed by atoms with Crippen LogP contribution >= 0.6 is 0 Å². The molecule has 12 amide bonds. The van der Waals surface area contributed by atoms with Gasteiger partial charge in [0.2, 0.25) is 77.3 Å². The van der Waals surface area contributed by atoms with Gasteiger partial charge in [0, 0.05) is 50.7 Å². The standard InChI is InChI=1S/C49H70N14O18/c50-14-3-1-7-28(55-48(78)33(24-65)59-49(79)34-13-16-51-42-36(63-40(71)11-12-41(63)72)19-27-20-37(68)38(69)21-35(27)62(34)42)43(73)53-22-39(70)54-29(9-5-17-60(80)25-66)45(75)56-30-8-2-4-15-52-44(74)32(23-64)58-47(77)31(57-46(30)76)10-6-18-61(81)26-67/h19-21,25-26,28-34,51,64-65,68,80-81H,1-18,22-24,50H2,(H,52,74)(H,53,73)(H,54,70)(H,55,78)(H,56,75)(H,57,76)(H,58,77)(H,59,79). The molecule has 444 valence electrons. The molecule has 32 nitrogen and oxygen atoms in total. The van der Waals surface area contributed by atoms with Crippen molar-refractivity contribution in [2.24, 2.45) is 5.73 Å². The van der Waals surface area contributed by atoms with Gasteiger partial charge >= 0.3 is 0 Å². The molecular weight excluding hydrogens is 1070 g/mol. The van der Waals surface area contributed by atoms with Crippen LogP contribution in [0.25, 0.3) is 11.3 Å². The number of aliphatic hydroxyl groups excluding tert-OH is 2. The van der Waals surface area contributed by atoms with Crippen molar-refractivity contribution in [3.8, 4) is 17.0 Å². The number of nitrogens with zero attached hydrogens (tertiary/aromatic N) is 4. The molecule has 2 fully saturated rings. The molecule has 0 saturated carbocycles. The summed E-state index contributed by atoms with van der Waals surface area (Å²) in [4.78, 5) is 171. The Hall–Kier alpha value is -8.33. The van der Waals surface area contributed by atoms with Gasteiger partial charge in [0.1, 0.15) is 48.1 Å². The van der Waals surface area contributed by atoms with E-state index in [9.17, 15) is 88.1 Å². The lowest BCUT2D eigenvalue weighted by Crippen LogP contribution is -2.59. The number of hydrogen-bond donors (Lipinski definition) is 15. The van der Waals surface area contributed by atoms with Crippen molar-refractivity contribution in [2.75, 3.05) is 62.7 Å². The number of imide groups is 1. The Bertz CT molecular complexity index is 2660. The van der Waals surface area contributed by atoms with Crippen LogP contribution in [0.15, 0.2) is 23.0 Å². The van der Waals surface area contributed by atoms with Crippen LogP contribution in [0.4, 0.5) is 11.5 Å². The zero-order valence-corrected chi connectivity index (χ0v) is 44.2. The number of unbranched alkanes of at least 4 members (excludes halogenated alkanes) is 1. The number of nitrogens with one attached hydrogen (secondary N) is 9. The maximum absolute atomic E-state index is 14.2. The molecule has 7 unspecified atom stereocenters. The van der Waals surface area contributed by atoms with Crippen LogP contribution in [0, 0.1) is 0 Å². The molecule has 5 aliphatic rings. The zero-order valence-electron chi connectivity index (χ0n) is 44.2. The Balaban J connectivity index is 1.29. The number of aromatic hydroxyl groups is 1. The lowest BCUT2D eigenvalue weighted by Gasteiger charge is -2.35. The number of rotatable bonds is 27. The van der Waals surface area contributed by atoms with Gasteiger partial charge in [-0.25, -0.2) is 15.0 Å². The lowest BCUT2D eigenvalue weighted by atomic mass is 10.0. The number of aromatic nitrogens is 1. The normalized spacial score (nSPS) is 19.7. The molecule has 0 aromatic heterocycles. The number of phenolic OH excluding ortho intramolecular Hbond substituents is 1. The molecule has 16 N–H and O–H groups in total. The van der Waals surface area contributed by atoms with E-state index in [2.05, 4.69) is 47.9 Å². The van der Waals surface area contributed by atoms with Gasteiger partial charge in [0.05, 0.1) is 31.1 Å². The Morgan fingerprint density at radius 2 is 1.40 bits per heavy atom. The largest absolute Gasteiger partial charge is 0.504 e. The number of benzene rings is 1. The quantitative estimate of drug-likeness (QED) is 0.0130. The summed E-state index contributed by atoms with van der Waals surface area (Å²) >= 11 is 0. The number of fused-ring (bicyclic) bond motifs is 3. The third-order valence-corrected chi connectivity index (χ3v) is 13.5. The number of carbonyl (C=O) groups is 12. The van der Waals surface area contributed by atoms with E-state index < -0.39 is 132 Å². The van der Waals surface area contributed by atoms with Crippen LogP contribution in [0.5, 0.6) is 5.75 Å². The van der Waals surface area contributed by atoms with Crippen LogP contribution in [0.2, 0.25) is 0 Å². The van der Waals surface area contributed by atoms with Crippen LogP contribution in [0.3, 0.4) is 0 Å². The highest BCUT2D eigenvalue weighted by Gasteiger charge is 2.39. The number of hydrogen-bond acceptors (Lipinski definition) is 20. The van der Waals surface area contributed by atoms with Crippen molar-refractivity contribution in [2.45, 2.75) is 126 Å². The van der Waals surface area contributed by atoms with Crippen molar-refractivity contribution in [3.63, 3.8) is 0 Å². The molecule has 2 saturated heterocycles. The van der Waals surface area contributed by atoms with Crippen LogP contribution in [0.1, 0.15) is 89.5 Å². The number of anilines is 2. The smallest absolute Gasteiger partial charge is 0.245 e. The highest BCUT2D eigenvalue weighted by Crippen LogP contribution is 2.42. The van der Waals surface area contributed by atoms with E-state index in [4.69, 9.17) is 5.73 Å². The molecule has 4 heterocycles. The minimum atomic E-state index is -1.71. The summed E-state index contributed by atoms with van der Waals surface area (Å²) in [6, 6.07) is -6.47. The third kappa shape index (κ3) is 17.6. The minimum Gasteiger partial charge on any atom is -0.504 e. The van der Waals surface area contributed by atoms with Gasteiger partial charge in [-0.15, -0.1) is 0 Å². The van der Waals surface area contributed by atoms with Crippen LogP contribution in [-0.2, 0) is 57.5 Å². The first-order chi connectivity index (χ1) is 38.7. The number of nitrogens with two attached hydrogens (primary N) is 1. The first-order valence-electron chi connectivity index (χ1n) is 26.4. The average Bonchev–Trinajstić information content (AvgIpc) is 3.89. The fourth-order valence-electron chi connectivity index (χ4n) is 9.26. The second-order valence-corrected chi connectivity index (χ2v) is 19.4. The maximum atomic E-state index is 14.2. The van der Waals surface area contributed by atoms with Gasteiger partial charge in [-0.1, -0.05) is 0 Å². The highest BCUT2D eigenvalue weighted by atomic mass is 16.5. The molecule has 7 atom stereocenters. The number of amides is 12. The second kappa shape index (κ2) is 30.9. The lowest BCUT2D eigenvalue weighted by molar-refractivity contribution is -0.150. The molecule has 4 aliphatic heterocycles. The van der Waals surface area contributed by atoms with Crippen molar-refractivity contribution in [1.29, 1.82) is 0 Å². The predicted octanol–water partition coefficient (Wildman–Crippen LogP) is -5.64. The number of carbonyl (C=O) groups excluding carboxylic acids is 12. The van der Waals surface area contributed by atoms with Gasteiger partial charge in [0.15, 0.2) is 5.75 Å². The fourth-order valence-corrected chi connectivity index (χ4v) is 9.26. The molecule has 81 heavy (non-hydrogen) atoms. The average molecular weight is 1140 g/mol.